The molecule has 6 N–H and O–H groups in total. The zero-order valence-electron chi connectivity index (χ0n) is 26.6. The van der Waals surface area contributed by atoms with Crippen molar-refractivity contribution in [2.45, 2.75) is 84.7 Å². The molecule has 2 rings (SSSR count). The van der Waals surface area contributed by atoms with Gasteiger partial charge in [-0.05, 0) is 57.9 Å². The summed E-state index contributed by atoms with van der Waals surface area (Å²) >= 11 is 0. The van der Waals surface area contributed by atoms with Gasteiger partial charge in [0.1, 0.15) is 6.10 Å². The molecule has 1 aliphatic carbocycles. The number of Topliss-reactive ketones (excluding diaryl/α,β-unsaturated/α-hetero) is 1. The Bertz CT molecular complexity index is 1240. The first-order chi connectivity index (χ1) is 20.7. The van der Waals surface area contributed by atoms with Crippen molar-refractivity contribution >= 4 is 29.7 Å². The number of nitrogens with two attached hydrogens (primary N) is 2. The second-order valence-electron chi connectivity index (χ2n) is 11.2. The third kappa shape index (κ3) is 9.78. The van der Waals surface area contributed by atoms with Crippen molar-refractivity contribution in [2.24, 2.45) is 23.3 Å². The Hall–Kier alpha value is -3.97. The van der Waals surface area contributed by atoms with E-state index in [0.29, 0.717) is 37.0 Å². The molecule has 13 heteroatoms. The fraction of sp³-hybridized carbons (Fsp3) is 0.581. The number of allylic oxidation sites excluding steroid dienone is 3. The summed E-state index contributed by atoms with van der Waals surface area (Å²) < 4.78 is 22.4. The normalized spacial score (nSPS) is 30.2. The molecule has 1 heterocycles. The van der Waals surface area contributed by atoms with Crippen LogP contribution in [0.1, 0.15) is 60.3 Å². The maximum atomic E-state index is 13.6. The third-order valence-electron chi connectivity index (χ3n) is 7.69. The van der Waals surface area contributed by atoms with Gasteiger partial charge >= 0.3 is 12.2 Å². The molecular weight excluding hydrogens is 572 g/mol. The second kappa shape index (κ2) is 16.8. The lowest BCUT2D eigenvalue weighted by atomic mass is 9.85. The standard InChI is InChI=1S/C31H46N4O9/c1-8-34-25-20-12-16(2)13-24(42-7)28(44-31(33)40)19(5)14-18(4)27(43-30(32)39)23(41-6)11-9-10-17(3)29(38)35-21(26(20)37)15-22(25)36/h10,14-16,19,23-24,27-28,34H,8-9,11-13H2,1-7H3,(H2,32,39)(H2,33,40)(H,35,38)/b17-10+,18-14+/t16-,19+,23+,24+,27+,28-/m1/s1. The van der Waals surface area contributed by atoms with Gasteiger partial charge in [-0.25, -0.2) is 9.59 Å². The van der Waals surface area contributed by atoms with Crippen LogP contribution in [0.25, 0.3) is 0 Å². The lowest BCUT2D eigenvalue weighted by Gasteiger charge is -2.32. The lowest BCUT2D eigenvalue weighted by Crippen LogP contribution is -2.41. The molecule has 0 aromatic heterocycles. The van der Waals surface area contributed by atoms with Crippen molar-refractivity contribution in [2.75, 3.05) is 20.8 Å². The number of primary amides is 2. The van der Waals surface area contributed by atoms with Gasteiger partial charge in [-0.3, -0.25) is 14.4 Å². The maximum Gasteiger partial charge on any atom is 0.405 e. The Morgan fingerprint density at radius 2 is 1.66 bits per heavy atom. The molecule has 0 spiro atoms. The van der Waals surface area contributed by atoms with Gasteiger partial charge in [0.25, 0.3) is 5.91 Å². The predicted molar refractivity (Wildman–Crippen MR) is 162 cm³/mol. The van der Waals surface area contributed by atoms with Crippen LogP contribution in [0.15, 0.2) is 46.3 Å². The molecule has 0 saturated heterocycles. The number of carbonyl (C=O) groups is 5. The lowest BCUT2D eigenvalue weighted by molar-refractivity contribution is -0.120. The zero-order chi connectivity index (χ0) is 33.1. The van der Waals surface area contributed by atoms with E-state index in [1.165, 1.54) is 14.2 Å². The molecule has 2 aliphatic rings. The minimum Gasteiger partial charge on any atom is -0.443 e. The first-order valence-electron chi connectivity index (χ1n) is 14.7. The Morgan fingerprint density at radius 1 is 1.02 bits per heavy atom. The van der Waals surface area contributed by atoms with Crippen LogP contribution in [0.4, 0.5) is 9.59 Å². The van der Waals surface area contributed by atoms with E-state index < -0.39 is 60.0 Å². The number of ether oxygens (including phenoxy) is 4. The van der Waals surface area contributed by atoms with Crippen molar-refractivity contribution in [1.29, 1.82) is 0 Å². The molecular formula is C31H46N4O9. The van der Waals surface area contributed by atoms with E-state index in [4.69, 9.17) is 30.4 Å². The van der Waals surface area contributed by atoms with Crippen molar-refractivity contribution in [3.05, 3.63) is 46.3 Å². The number of methoxy groups -OCH3 is 2. The fourth-order valence-electron chi connectivity index (χ4n) is 5.56. The van der Waals surface area contributed by atoms with Crippen LogP contribution in [-0.2, 0) is 33.3 Å². The van der Waals surface area contributed by atoms with Crippen molar-refractivity contribution in [1.82, 2.24) is 10.6 Å². The summed E-state index contributed by atoms with van der Waals surface area (Å²) in [6.07, 6.45) is 0.652. The van der Waals surface area contributed by atoms with Crippen molar-refractivity contribution in [3.8, 4) is 0 Å². The summed E-state index contributed by atoms with van der Waals surface area (Å²) in [4.78, 5) is 63.5. The number of nitrogens with one attached hydrogen (secondary N) is 2. The average molecular weight is 619 g/mol. The van der Waals surface area contributed by atoms with E-state index >= 15 is 0 Å². The summed E-state index contributed by atoms with van der Waals surface area (Å²) in [5, 5.41) is 5.58. The molecule has 6 atom stereocenters. The summed E-state index contributed by atoms with van der Waals surface area (Å²) in [6, 6.07) is 0. The zero-order valence-corrected chi connectivity index (χ0v) is 26.6. The quantitative estimate of drug-likeness (QED) is 0.254. The number of hydrogen-bond acceptors (Lipinski definition) is 10. The van der Waals surface area contributed by atoms with Gasteiger partial charge in [-0.15, -0.1) is 0 Å². The highest BCUT2D eigenvalue weighted by molar-refractivity contribution is 6.23. The number of hydrogen-bond donors (Lipinski definition) is 4. The van der Waals surface area contributed by atoms with Gasteiger partial charge in [-0.1, -0.05) is 26.0 Å². The third-order valence-corrected chi connectivity index (χ3v) is 7.69. The highest BCUT2D eigenvalue weighted by Crippen LogP contribution is 2.30. The van der Waals surface area contributed by atoms with Crippen LogP contribution < -0.4 is 22.1 Å². The number of likely N-dealkylation sites (N-methyl/N-ethyl adjacent to an activating group) is 1. The molecule has 1 aliphatic heterocycles. The molecule has 2 bridgehead atoms. The van der Waals surface area contributed by atoms with Crippen LogP contribution in [0, 0.1) is 11.8 Å². The molecule has 0 saturated carbocycles. The van der Waals surface area contributed by atoms with E-state index in [1.54, 1.807) is 32.9 Å². The first-order valence-corrected chi connectivity index (χ1v) is 14.7. The number of carbonyl (C=O) groups excluding carboxylic acids is 5. The highest BCUT2D eigenvalue weighted by Gasteiger charge is 2.35. The van der Waals surface area contributed by atoms with E-state index in [0.717, 1.165) is 6.08 Å². The molecule has 13 nitrogen and oxygen atoms in total. The van der Waals surface area contributed by atoms with E-state index in [1.807, 2.05) is 13.8 Å². The van der Waals surface area contributed by atoms with Gasteiger partial charge in [-0.2, -0.15) is 0 Å². The molecule has 0 aromatic rings. The topological polar surface area (TPSA) is 198 Å². The summed E-state index contributed by atoms with van der Waals surface area (Å²) in [6.45, 7) is 9.22. The van der Waals surface area contributed by atoms with Crippen LogP contribution >= 0.6 is 0 Å². The number of amides is 3. The maximum absolute atomic E-state index is 13.6. The monoisotopic (exact) mass is 618 g/mol. The van der Waals surface area contributed by atoms with Gasteiger partial charge in [0.05, 0.1) is 23.6 Å². The smallest absolute Gasteiger partial charge is 0.405 e. The predicted octanol–water partition coefficient (Wildman–Crippen LogP) is 2.70. The molecule has 3 amide bonds. The average Bonchev–Trinajstić information content (AvgIpc) is 2.95. The number of fused-ring (bicyclic) bond motifs is 2. The Balaban J connectivity index is 2.65. The van der Waals surface area contributed by atoms with Crippen LogP contribution in [0.5, 0.6) is 0 Å². The molecule has 0 radical (unpaired) electrons. The van der Waals surface area contributed by atoms with Gasteiger partial charge in [0.2, 0.25) is 11.6 Å². The Morgan fingerprint density at radius 3 is 2.23 bits per heavy atom. The molecule has 0 aromatic carbocycles. The van der Waals surface area contributed by atoms with Crippen LogP contribution in [-0.4, -0.2) is 74.8 Å². The molecule has 0 fully saturated rings. The van der Waals surface area contributed by atoms with Crippen molar-refractivity contribution in [3.63, 3.8) is 0 Å². The van der Waals surface area contributed by atoms with Crippen molar-refractivity contribution < 1.29 is 42.9 Å². The minimum atomic E-state index is -1.00. The molecule has 0 unspecified atom stereocenters. The van der Waals surface area contributed by atoms with E-state index in [9.17, 15) is 24.0 Å². The molecule has 44 heavy (non-hydrogen) atoms. The SMILES string of the molecule is CCNC1=C2C[C@@H](C)C[C@H](OC)[C@H](OC(N)=O)[C@@H](C)/C=C(\C)[C@H](OC(N)=O)[C@@H](OC)CC/C=C(\C)C(=O)NC(=CC1=O)C2=O. The van der Waals surface area contributed by atoms with E-state index in [-0.39, 0.29) is 29.3 Å². The summed E-state index contributed by atoms with van der Waals surface area (Å²) in [5.74, 6) is -2.16. The number of rotatable bonds is 6. The number of ketones is 2. The highest BCUT2D eigenvalue weighted by atomic mass is 16.6. The van der Waals surface area contributed by atoms with Crippen LogP contribution in [0.3, 0.4) is 0 Å². The first kappa shape index (κ1) is 36.2. The molecule has 244 valence electrons. The largest absolute Gasteiger partial charge is 0.443 e. The minimum absolute atomic E-state index is 0.120. The Labute approximate surface area is 258 Å². The second-order valence-corrected chi connectivity index (χ2v) is 11.2. The summed E-state index contributed by atoms with van der Waals surface area (Å²) in [7, 11) is 2.93. The van der Waals surface area contributed by atoms with Crippen LogP contribution in [0.2, 0.25) is 0 Å². The fourth-order valence-corrected chi connectivity index (χ4v) is 5.56. The van der Waals surface area contributed by atoms with Gasteiger partial charge in [0, 0.05) is 43.9 Å². The van der Waals surface area contributed by atoms with Gasteiger partial charge in [0.15, 0.2) is 6.10 Å². The van der Waals surface area contributed by atoms with E-state index in [2.05, 4.69) is 10.6 Å². The van der Waals surface area contributed by atoms with Gasteiger partial charge < -0.3 is 41.0 Å². The summed E-state index contributed by atoms with van der Waals surface area (Å²) in [5.41, 5.74) is 12.0. The Kier molecular flexibility index (Phi) is 13.8.